The van der Waals surface area contributed by atoms with Crippen molar-refractivity contribution in [3.8, 4) is 0 Å². The van der Waals surface area contributed by atoms with Crippen molar-refractivity contribution in [2.75, 3.05) is 11.9 Å². The van der Waals surface area contributed by atoms with Crippen LogP contribution >= 0.6 is 0 Å². The number of para-hydroxylation sites is 1. The monoisotopic (exact) mass is 538 g/mol. The third-order valence-electron chi connectivity index (χ3n) is 9.30. The summed E-state index contributed by atoms with van der Waals surface area (Å²) in [6.45, 7) is 4.77. The highest BCUT2D eigenvalue weighted by atomic mass is 16.2. The molecule has 0 aliphatic carbocycles. The van der Waals surface area contributed by atoms with Gasteiger partial charge in [-0.1, -0.05) is 99.1 Å². The van der Waals surface area contributed by atoms with Gasteiger partial charge >= 0.3 is 5.91 Å². The number of quaternary nitrogens is 1. The molecule has 1 fully saturated rings. The van der Waals surface area contributed by atoms with E-state index < -0.39 is 17.4 Å². The number of nitrogens with zero attached hydrogens (tertiary/aromatic N) is 1. The Morgan fingerprint density at radius 1 is 0.925 bits per heavy atom. The lowest BCUT2D eigenvalue weighted by atomic mass is 9.69. The number of amides is 3. The Morgan fingerprint density at radius 2 is 1.52 bits per heavy atom. The molecule has 3 atom stereocenters. The number of fused-ring (bicyclic) bond motifs is 1. The lowest BCUT2D eigenvalue weighted by Gasteiger charge is -2.43. The molecule has 0 spiro atoms. The standard InChI is InChI=1S/C34H39N3O3/c1-24(2)34(27-18-9-10-19-28(27)36-33(34)40)22-12-11-21-30(38)37(23-13-20-29(37)32(35)39)31(25-14-5-3-6-15-25)26-16-7-4-8-17-26/h3-10,14-19,24,29,31H,11-13,20-23H2,1-2H3,(H2-,35,36,39,40)/p+1/t29?,34?,37-/m1/s1. The van der Waals surface area contributed by atoms with E-state index in [1.807, 2.05) is 84.9 Å². The van der Waals surface area contributed by atoms with Crippen LogP contribution in [-0.2, 0) is 19.8 Å². The molecule has 0 aromatic heterocycles. The maximum Gasteiger partial charge on any atom is 0.315 e. The second-order valence-electron chi connectivity index (χ2n) is 11.7. The lowest BCUT2D eigenvalue weighted by Crippen LogP contribution is -2.62. The maximum absolute atomic E-state index is 14.4. The topological polar surface area (TPSA) is 89.3 Å². The molecule has 5 rings (SSSR count). The lowest BCUT2D eigenvalue weighted by molar-refractivity contribution is -0.882. The Kier molecular flexibility index (Phi) is 7.90. The summed E-state index contributed by atoms with van der Waals surface area (Å²) in [6, 6.07) is 27.1. The van der Waals surface area contributed by atoms with E-state index in [0.29, 0.717) is 32.2 Å². The zero-order valence-electron chi connectivity index (χ0n) is 23.5. The van der Waals surface area contributed by atoms with Crippen molar-refractivity contribution >= 4 is 23.4 Å². The average Bonchev–Trinajstić information content (AvgIpc) is 3.53. The van der Waals surface area contributed by atoms with Gasteiger partial charge in [-0.15, -0.1) is 0 Å². The van der Waals surface area contributed by atoms with Crippen LogP contribution in [0, 0.1) is 5.92 Å². The smallest absolute Gasteiger partial charge is 0.315 e. The highest BCUT2D eigenvalue weighted by Crippen LogP contribution is 2.47. The van der Waals surface area contributed by atoms with E-state index in [0.717, 1.165) is 35.2 Å². The number of carbonyl (C=O) groups excluding carboxylic acids is 3. The molecule has 2 heterocycles. The Hall–Kier alpha value is -3.77. The molecule has 2 aliphatic rings. The van der Waals surface area contributed by atoms with Gasteiger partial charge in [0.15, 0.2) is 6.04 Å². The van der Waals surface area contributed by atoms with Crippen LogP contribution in [0.2, 0.25) is 0 Å². The molecule has 0 bridgehead atoms. The fourth-order valence-corrected chi connectivity index (χ4v) is 7.38. The fraction of sp³-hybridized carbons (Fsp3) is 0.382. The molecule has 40 heavy (non-hydrogen) atoms. The van der Waals surface area contributed by atoms with Crippen molar-refractivity contribution in [3.63, 3.8) is 0 Å². The molecule has 3 aromatic carbocycles. The van der Waals surface area contributed by atoms with Gasteiger partial charge in [-0.2, -0.15) is 0 Å². The first kappa shape index (κ1) is 27.8. The van der Waals surface area contributed by atoms with E-state index in [2.05, 4.69) is 19.2 Å². The zero-order chi connectivity index (χ0) is 28.3. The van der Waals surface area contributed by atoms with Crippen LogP contribution in [0.1, 0.15) is 75.1 Å². The molecule has 2 unspecified atom stereocenters. The summed E-state index contributed by atoms with van der Waals surface area (Å²) < 4.78 is 0.0298. The van der Waals surface area contributed by atoms with E-state index >= 15 is 0 Å². The van der Waals surface area contributed by atoms with Gasteiger partial charge < -0.3 is 11.1 Å². The van der Waals surface area contributed by atoms with Crippen LogP contribution in [0.25, 0.3) is 0 Å². The van der Waals surface area contributed by atoms with Crippen molar-refractivity contribution in [3.05, 3.63) is 102 Å². The third kappa shape index (κ3) is 4.64. The number of unbranched alkanes of at least 4 members (excludes halogenated alkanes) is 1. The summed E-state index contributed by atoms with van der Waals surface area (Å²) in [5.74, 6) is -0.210. The molecule has 1 saturated heterocycles. The molecular formula is C34H40N3O3+. The quantitative estimate of drug-likeness (QED) is 0.250. The Labute approximate surface area is 237 Å². The van der Waals surface area contributed by atoms with Gasteiger partial charge in [0, 0.05) is 29.7 Å². The minimum Gasteiger partial charge on any atom is -0.364 e. The highest BCUT2D eigenvalue weighted by molar-refractivity contribution is 6.06. The molecule has 208 valence electrons. The second kappa shape index (κ2) is 11.4. The number of benzene rings is 3. The minimum atomic E-state index is -0.605. The van der Waals surface area contributed by atoms with E-state index in [4.69, 9.17) is 5.73 Å². The first-order chi connectivity index (χ1) is 19.3. The summed E-state index contributed by atoms with van der Waals surface area (Å²) in [5, 5.41) is 3.08. The number of likely N-dealkylation sites (tertiary alicyclic amines) is 1. The number of rotatable bonds is 10. The fourth-order valence-electron chi connectivity index (χ4n) is 7.38. The van der Waals surface area contributed by atoms with Crippen LogP contribution in [0.15, 0.2) is 84.9 Å². The van der Waals surface area contributed by atoms with Crippen molar-refractivity contribution in [1.29, 1.82) is 0 Å². The van der Waals surface area contributed by atoms with Gasteiger partial charge in [-0.05, 0) is 30.4 Å². The molecule has 2 aliphatic heterocycles. The summed E-state index contributed by atoms with van der Waals surface area (Å²) in [4.78, 5) is 40.6. The van der Waals surface area contributed by atoms with Gasteiger partial charge in [0.1, 0.15) is 6.04 Å². The summed E-state index contributed by atoms with van der Waals surface area (Å²) in [7, 11) is 0. The van der Waals surface area contributed by atoms with Gasteiger partial charge in [-0.25, -0.2) is 9.28 Å². The predicted octanol–water partition coefficient (Wildman–Crippen LogP) is 5.87. The molecule has 6 heteroatoms. The number of hydrogen-bond donors (Lipinski definition) is 2. The van der Waals surface area contributed by atoms with Crippen molar-refractivity contribution in [1.82, 2.24) is 0 Å². The minimum absolute atomic E-state index is 0.0298. The van der Waals surface area contributed by atoms with E-state index in [1.54, 1.807) is 0 Å². The van der Waals surface area contributed by atoms with Crippen LogP contribution in [-0.4, -0.2) is 34.8 Å². The second-order valence-corrected chi connectivity index (χ2v) is 11.7. The molecule has 3 aromatic rings. The van der Waals surface area contributed by atoms with Crippen LogP contribution in [0.4, 0.5) is 5.69 Å². The van der Waals surface area contributed by atoms with Crippen LogP contribution < -0.4 is 11.1 Å². The Morgan fingerprint density at radius 3 is 2.12 bits per heavy atom. The summed E-state index contributed by atoms with van der Waals surface area (Å²) in [5.41, 5.74) is 9.35. The molecule has 6 nitrogen and oxygen atoms in total. The molecule has 0 saturated carbocycles. The largest absolute Gasteiger partial charge is 0.364 e. The van der Waals surface area contributed by atoms with Crippen LogP contribution in [0.3, 0.4) is 0 Å². The number of hydrogen-bond acceptors (Lipinski definition) is 3. The third-order valence-corrected chi connectivity index (χ3v) is 9.30. The van der Waals surface area contributed by atoms with Gasteiger partial charge in [-0.3, -0.25) is 9.59 Å². The number of nitrogens with two attached hydrogens (primary N) is 1. The van der Waals surface area contributed by atoms with E-state index in [9.17, 15) is 14.4 Å². The van der Waals surface area contributed by atoms with Crippen molar-refractivity contribution < 1.29 is 18.9 Å². The zero-order valence-corrected chi connectivity index (χ0v) is 23.5. The molecule has 3 N–H and O–H groups in total. The van der Waals surface area contributed by atoms with E-state index in [1.165, 1.54) is 0 Å². The highest BCUT2D eigenvalue weighted by Gasteiger charge is 2.56. The Bertz CT molecular complexity index is 1330. The van der Waals surface area contributed by atoms with Gasteiger partial charge in [0.25, 0.3) is 5.91 Å². The van der Waals surface area contributed by atoms with Gasteiger partial charge in [0.05, 0.1) is 18.4 Å². The number of anilines is 1. The van der Waals surface area contributed by atoms with Crippen molar-refractivity contribution in [2.45, 2.75) is 69.9 Å². The summed E-state index contributed by atoms with van der Waals surface area (Å²) in [6.07, 6.45) is 3.74. The Balaban J connectivity index is 1.43. The first-order valence-electron chi connectivity index (χ1n) is 14.5. The normalized spacial score (nSPS) is 23.8. The number of primary amides is 1. The van der Waals surface area contributed by atoms with Crippen LogP contribution in [0.5, 0.6) is 0 Å². The average molecular weight is 539 g/mol. The predicted molar refractivity (Wildman–Crippen MR) is 157 cm³/mol. The van der Waals surface area contributed by atoms with Gasteiger partial charge in [0.2, 0.25) is 5.91 Å². The van der Waals surface area contributed by atoms with E-state index in [-0.39, 0.29) is 28.3 Å². The number of carbonyl (C=O) groups is 3. The number of nitrogens with one attached hydrogen (secondary N) is 1. The molecular weight excluding hydrogens is 498 g/mol. The molecule has 3 amide bonds. The maximum atomic E-state index is 14.4. The molecule has 0 radical (unpaired) electrons. The first-order valence-corrected chi connectivity index (χ1v) is 14.5. The summed E-state index contributed by atoms with van der Waals surface area (Å²) >= 11 is 0. The van der Waals surface area contributed by atoms with Crippen molar-refractivity contribution in [2.24, 2.45) is 11.7 Å². The SMILES string of the molecule is CC(C)C1(CCCCC(=O)[N@@+]2(C(c3ccccc3)c3ccccc3)CCCC2C(N)=O)C(=O)Nc2ccccc21.